The number of terminal acetylenes is 1. The molecule has 6 atom stereocenters. The van der Waals surface area contributed by atoms with Crippen LogP contribution in [-0.4, -0.2) is 163 Å². The van der Waals surface area contributed by atoms with Gasteiger partial charge in [-0.3, -0.25) is 38.8 Å². The van der Waals surface area contributed by atoms with Crippen molar-refractivity contribution in [1.29, 1.82) is 0 Å². The van der Waals surface area contributed by atoms with Crippen molar-refractivity contribution in [3.05, 3.63) is 88.0 Å². The van der Waals surface area contributed by atoms with Crippen LogP contribution in [0.15, 0.2) is 59.5 Å². The number of carbonyl (C=O) groups is 4. The van der Waals surface area contributed by atoms with E-state index < -0.39 is 29.2 Å². The summed E-state index contributed by atoms with van der Waals surface area (Å²) in [5.41, 5.74) is 1.61. The number of fused-ring (bicyclic) bond motifs is 6. The highest BCUT2D eigenvalue weighted by atomic mass is 19.1. The fourth-order valence-corrected chi connectivity index (χ4v) is 15.0. The minimum absolute atomic E-state index is 0.000232. The van der Waals surface area contributed by atoms with Gasteiger partial charge in [0.1, 0.15) is 47.7 Å². The van der Waals surface area contributed by atoms with Crippen LogP contribution >= 0.6 is 0 Å². The van der Waals surface area contributed by atoms with E-state index in [1.165, 1.54) is 16.2 Å². The van der Waals surface area contributed by atoms with Gasteiger partial charge in [0.2, 0.25) is 11.8 Å². The SMILES string of the molecule is C#Cc1c(F)ccc2cccc(-c3ncc4c(N5CC6CCC(C5)N6C(=O)OC(C)(C)C)nc(OC[C@@]56CCCN5[C@H](COC(=O)N5CC[C@H](CN7CCC(c8ccc9c(c8)n(C)c(=O)n9C8CCC(=O)NC8=O)CC7)C5)CC6)nc4c3F)c12. The number of imide groups is 1. The molecule has 440 valence electrons. The molecule has 19 nitrogen and oxygen atoms in total. The highest BCUT2D eigenvalue weighted by Crippen LogP contribution is 2.44. The molecule has 4 amide bonds. The molecule has 10 heterocycles. The number of piperazine rings is 1. The maximum Gasteiger partial charge on any atom is 0.410 e. The molecule has 3 unspecified atom stereocenters. The molecule has 7 fully saturated rings. The van der Waals surface area contributed by atoms with E-state index in [1.807, 2.05) is 36.6 Å². The Morgan fingerprint density at radius 1 is 0.881 bits per heavy atom. The van der Waals surface area contributed by atoms with E-state index in [4.69, 9.17) is 30.6 Å². The van der Waals surface area contributed by atoms with E-state index in [0.29, 0.717) is 77.5 Å². The van der Waals surface area contributed by atoms with Crippen LogP contribution in [0, 0.1) is 29.9 Å². The first kappa shape index (κ1) is 55.5. The van der Waals surface area contributed by atoms with Crippen molar-refractivity contribution in [3.63, 3.8) is 0 Å². The van der Waals surface area contributed by atoms with Crippen LogP contribution in [0.3, 0.4) is 0 Å². The molecule has 0 spiro atoms. The summed E-state index contributed by atoms with van der Waals surface area (Å²) in [6.45, 7) is 11.7. The first-order valence-corrected chi connectivity index (χ1v) is 29.8. The Labute approximate surface area is 485 Å². The van der Waals surface area contributed by atoms with E-state index in [1.54, 1.807) is 42.1 Å². The van der Waals surface area contributed by atoms with Crippen molar-refractivity contribution < 1.29 is 42.2 Å². The fraction of sp³-hybridized carbons (Fsp3) is 0.524. The van der Waals surface area contributed by atoms with E-state index in [9.17, 15) is 24.0 Å². The molecule has 13 rings (SSSR count). The van der Waals surface area contributed by atoms with E-state index in [0.717, 1.165) is 89.5 Å². The summed E-state index contributed by atoms with van der Waals surface area (Å²) in [4.78, 5) is 90.3. The van der Waals surface area contributed by atoms with Gasteiger partial charge in [0, 0.05) is 69.4 Å². The third-order valence-corrected chi connectivity index (χ3v) is 19.1. The number of carbonyl (C=O) groups excluding carboxylic acids is 4. The lowest BCUT2D eigenvalue weighted by molar-refractivity contribution is -0.135. The van der Waals surface area contributed by atoms with Crippen molar-refractivity contribution in [3.8, 4) is 29.6 Å². The molecular formula is C63H71F2N11O8. The lowest BCUT2D eigenvalue weighted by atomic mass is 9.88. The minimum atomic E-state index is -0.727. The van der Waals surface area contributed by atoms with Crippen LogP contribution < -0.4 is 20.6 Å². The van der Waals surface area contributed by atoms with Crippen LogP contribution in [0.2, 0.25) is 0 Å². The minimum Gasteiger partial charge on any atom is -0.461 e. The third kappa shape index (κ3) is 10.1. The van der Waals surface area contributed by atoms with Gasteiger partial charge in [-0.05, 0) is 146 Å². The number of nitrogens with one attached hydrogen (secondary N) is 1. The molecule has 1 N–H and O–H groups in total. The van der Waals surface area contributed by atoms with Crippen molar-refractivity contribution in [2.45, 2.75) is 133 Å². The monoisotopic (exact) mass is 1150 g/mol. The Balaban J connectivity index is 0.657. The van der Waals surface area contributed by atoms with Crippen LogP contribution in [0.25, 0.3) is 44.0 Å². The number of likely N-dealkylation sites (tertiary alicyclic amines) is 2. The third-order valence-electron chi connectivity index (χ3n) is 19.1. The topological polar surface area (TPSA) is 190 Å². The van der Waals surface area contributed by atoms with Crippen LogP contribution in [0.4, 0.5) is 24.2 Å². The number of rotatable bonds is 11. The number of piperidine rings is 2. The second kappa shape index (κ2) is 21.7. The molecule has 3 aromatic heterocycles. The second-order valence-corrected chi connectivity index (χ2v) is 25.3. The molecule has 7 aliphatic heterocycles. The number of nitrogens with zero attached hydrogens (tertiary/aromatic N) is 10. The van der Waals surface area contributed by atoms with Gasteiger partial charge in [0.25, 0.3) is 0 Å². The lowest BCUT2D eigenvalue weighted by Crippen LogP contribution is -2.57. The first-order valence-electron chi connectivity index (χ1n) is 29.8. The zero-order valence-corrected chi connectivity index (χ0v) is 48.1. The summed E-state index contributed by atoms with van der Waals surface area (Å²) in [6.07, 6.45) is 15.0. The summed E-state index contributed by atoms with van der Waals surface area (Å²) >= 11 is 0. The Morgan fingerprint density at radius 2 is 1.68 bits per heavy atom. The Bertz CT molecular complexity index is 3740. The first-order chi connectivity index (χ1) is 40.4. The number of anilines is 1. The fourth-order valence-electron chi connectivity index (χ4n) is 15.0. The number of ether oxygens (including phenoxy) is 3. The van der Waals surface area contributed by atoms with Crippen LogP contribution in [0.5, 0.6) is 6.01 Å². The maximum atomic E-state index is 17.5. The quantitative estimate of drug-likeness (QED) is 0.0969. The number of benzene rings is 3. The van der Waals surface area contributed by atoms with Crippen LogP contribution in [-0.2, 0) is 26.1 Å². The summed E-state index contributed by atoms with van der Waals surface area (Å²) in [7, 11) is 1.73. The molecule has 0 saturated carbocycles. The molecular weight excluding hydrogens is 1080 g/mol. The van der Waals surface area contributed by atoms with E-state index in [-0.39, 0.29) is 89.9 Å². The van der Waals surface area contributed by atoms with Gasteiger partial charge in [-0.25, -0.2) is 23.2 Å². The lowest BCUT2D eigenvalue weighted by Gasteiger charge is -2.42. The molecule has 84 heavy (non-hydrogen) atoms. The zero-order valence-electron chi connectivity index (χ0n) is 48.1. The summed E-state index contributed by atoms with van der Waals surface area (Å²) < 4.78 is 54.4. The molecule has 0 aliphatic carbocycles. The molecule has 2 bridgehead atoms. The number of halogens is 2. The molecule has 3 aromatic carbocycles. The van der Waals surface area contributed by atoms with Gasteiger partial charge in [-0.15, -0.1) is 6.42 Å². The highest BCUT2D eigenvalue weighted by molar-refractivity contribution is 6.02. The summed E-state index contributed by atoms with van der Waals surface area (Å²) in [5.74, 6) is 1.47. The average molecular weight is 1150 g/mol. The number of pyridine rings is 1. The summed E-state index contributed by atoms with van der Waals surface area (Å²) in [5, 5.41) is 3.76. The Kier molecular flexibility index (Phi) is 14.4. The predicted octanol–water partition coefficient (Wildman–Crippen LogP) is 8.04. The molecule has 6 aromatic rings. The van der Waals surface area contributed by atoms with Gasteiger partial charge < -0.3 is 28.9 Å². The number of aryl methyl sites for hydroxylation is 1. The second-order valence-electron chi connectivity index (χ2n) is 25.3. The molecule has 7 aliphatic rings. The number of aromatic nitrogens is 5. The Morgan fingerprint density at radius 3 is 2.44 bits per heavy atom. The van der Waals surface area contributed by atoms with Gasteiger partial charge in [0.05, 0.1) is 39.6 Å². The maximum absolute atomic E-state index is 17.5. The largest absolute Gasteiger partial charge is 0.461 e. The van der Waals surface area contributed by atoms with Crippen molar-refractivity contribution >= 4 is 62.5 Å². The van der Waals surface area contributed by atoms with Gasteiger partial charge in [-0.2, -0.15) is 9.97 Å². The normalized spacial score (nSPS) is 25.0. The van der Waals surface area contributed by atoms with Crippen LogP contribution in [0.1, 0.15) is 114 Å². The van der Waals surface area contributed by atoms with E-state index in [2.05, 4.69) is 43.1 Å². The Hall–Kier alpha value is -7.70. The van der Waals surface area contributed by atoms with Gasteiger partial charge in [0.15, 0.2) is 5.82 Å². The number of hydrogen-bond acceptors (Lipinski definition) is 14. The van der Waals surface area contributed by atoms with Crippen molar-refractivity contribution in [1.82, 2.24) is 49.0 Å². The zero-order chi connectivity index (χ0) is 58.3. The number of hydrogen-bond donors (Lipinski definition) is 1. The van der Waals surface area contributed by atoms with Crippen molar-refractivity contribution in [2.75, 3.05) is 70.5 Å². The number of amides is 4. The molecule has 21 heteroatoms. The van der Waals surface area contributed by atoms with Gasteiger partial charge >= 0.3 is 23.9 Å². The predicted molar refractivity (Wildman–Crippen MR) is 310 cm³/mol. The van der Waals surface area contributed by atoms with E-state index >= 15 is 8.78 Å². The number of imidazole rings is 1. The summed E-state index contributed by atoms with van der Waals surface area (Å²) in [6, 6.07) is 13.2. The molecule has 0 radical (unpaired) electrons. The van der Waals surface area contributed by atoms with Crippen molar-refractivity contribution in [2.24, 2.45) is 13.0 Å². The smallest absolute Gasteiger partial charge is 0.410 e. The molecule has 7 saturated heterocycles. The standard InChI is InChI=1S/C63H71F2N11O8/c1-6-44-47(64)15-11-39-9-7-10-45(52(39)44)54-53(65)55-46(30-66-54)56(73-33-41-13-14-42(34-73)75(41)61(81)84-62(2,3)4)69-58(68-55)83-36-63-23-8-25-74(63)43(19-24-63)35-82-60(80)72-28-20-37(32-72)31-71-26-21-38(22-27-71)40-12-16-48-50(29-40)70(5)59(79)76(48)49-17-18-51(77)67-57(49)78/h1,7,9-12,15-16,29-30,37-38,41-43,49H,8,13-14,17-28,31-36H2,2-5H3,(H,67,77,78)/t37-,41?,42?,43+,49?,63+/m1/s1. The average Bonchev–Trinajstić information content (AvgIpc) is 2.01. The highest BCUT2D eigenvalue weighted by Gasteiger charge is 2.51. The van der Waals surface area contributed by atoms with Gasteiger partial charge in [-0.1, -0.05) is 36.3 Å².